The van der Waals surface area contributed by atoms with Gasteiger partial charge < -0.3 is 0 Å². The first-order chi connectivity index (χ1) is 7.74. The molecule has 1 heteroatoms. The van der Waals surface area contributed by atoms with Gasteiger partial charge in [0.15, 0.2) is 0 Å². The maximum absolute atomic E-state index is 11.8. The van der Waals surface area contributed by atoms with Crippen molar-refractivity contribution in [2.45, 2.75) is 46.0 Å². The van der Waals surface area contributed by atoms with Gasteiger partial charge in [0.2, 0.25) is 0 Å². The number of Topliss-reactive ketones (excluding diaryl/α,β-unsaturated/α-hetero) is 1. The quantitative estimate of drug-likeness (QED) is 0.675. The number of hydrogen-bond donors (Lipinski definition) is 0. The first-order valence-corrected chi connectivity index (χ1v) is 6.30. The third-order valence-corrected chi connectivity index (χ3v) is 3.04. The molecule has 0 aliphatic carbocycles. The minimum Gasteiger partial charge on any atom is -0.299 e. The number of benzene rings is 1. The Morgan fingerprint density at radius 1 is 1.25 bits per heavy atom. The normalized spacial score (nSPS) is 12.4. The van der Waals surface area contributed by atoms with Gasteiger partial charge in [0, 0.05) is 12.3 Å². The fraction of sp³-hybridized carbons (Fsp3) is 0.533. The largest absolute Gasteiger partial charge is 0.299 e. The first kappa shape index (κ1) is 13.0. The van der Waals surface area contributed by atoms with Crippen LogP contribution in [0.2, 0.25) is 0 Å². The van der Waals surface area contributed by atoms with Gasteiger partial charge in [-0.25, -0.2) is 0 Å². The zero-order valence-electron chi connectivity index (χ0n) is 10.4. The average molecular weight is 218 g/mol. The molecule has 1 nitrogen and oxygen atoms in total. The number of hydrogen-bond acceptors (Lipinski definition) is 1. The molecule has 0 radical (unpaired) electrons. The van der Waals surface area contributed by atoms with Gasteiger partial charge in [0.1, 0.15) is 5.78 Å². The van der Waals surface area contributed by atoms with Crippen molar-refractivity contribution in [3.63, 3.8) is 0 Å². The molecule has 1 aromatic rings. The van der Waals surface area contributed by atoms with Gasteiger partial charge in [-0.15, -0.1) is 0 Å². The number of ketones is 1. The van der Waals surface area contributed by atoms with Gasteiger partial charge in [-0.05, 0) is 18.4 Å². The predicted molar refractivity (Wildman–Crippen MR) is 68.5 cm³/mol. The third-order valence-electron chi connectivity index (χ3n) is 3.04. The highest BCUT2D eigenvalue weighted by atomic mass is 16.1. The second-order valence-electron chi connectivity index (χ2n) is 4.50. The molecule has 16 heavy (non-hydrogen) atoms. The molecular formula is C15H22O. The van der Waals surface area contributed by atoms with Crippen molar-refractivity contribution in [1.82, 2.24) is 0 Å². The van der Waals surface area contributed by atoms with E-state index in [-0.39, 0.29) is 5.92 Å². The predicted octanol–water partition coefficient (Wildman–Crippen LogP) is 4.01. The molecule has 0 heterocycles. The molecule has 0 N–H and O–H groups in total. The van der Waals surface area contributed by atoms with Crippen molar-refractivity contribution in [1.29, 1.82) is 0 Å². The molecule has 88 valence electrons. The average Bonchev–Trinajstić information content (AvgIpc) is 2.34. The minimum absolute atomic E-state index is 0.240. The number of carbonyl (C=O) groups is 1. The summed E-state index contributed by atoms with van der Waals surface area (Å²) < 4.78 is 0. The maximum atomic E-state index is 11.8. The Kier molecular flexibility index (Phi) is 5.84. The fourth-order valence-corrected chi connectivity index (χ4v) is 1.83. The summed E-state index contributed by atoms with van der Waals surface area (Å²) in [5.74, 6) is 0.654. The number of rotatable bonds is 7. The molecule has 1 atom stereocenters. The monoisotopic (exact) mass is 218 g/mol. The molecule has 0 saturated heterocycles. The van der Waals surface area contributed by atoms with Crippen LogP contribution in [0.4, 0.5) is 0 Å². The van der Waals surface area contributed by atoms with Crippen molar-refractivity contribution in [3.05, 3.63) is 35.9 Å². The topological polar surface area (TPSA) is 17.1 Å². The van der Waals surface area contributed by atoms with Crippen molar-refractivity contribution in [2.75, 3.05) is 0 Å². The lowest BCUT2D eigenvalue weighted by Gasteiger charge is -2.09. The van der Waals surface area contributed by atoms with Crippen LogP contribution in [0.25, 0.3) is 0 Å². The second kappa shape index (κ2) is 7.21. The summed E-state index contributed by atoms with van der Waals surface area (Å²) in [6, 6.07) is 10.2. The summed E-state index contributed by atoms with van der Waals surface area (Å²) in [7, 11) is 0. The molecule has 0 spiro atoms. The Bertz CT molecular complexity index is 302. The SMILES string of the molecule is CCCCC(C)C(=O)CCc1ccccc1. The molecule has 1 aromatic carbocycles. The Morgan fingerprint density at radius 3 is 2.56 bits per heavy atom. The van der Waals surface area contributed by atoms with Gasteiger partial charge in [-0.3, -0.25) is 4.79 Å². The van der Waals surface area contributed by atoms with E-state index >= 15 is 0 Å². The molecule has 1 rings (SSSR count). The summed E-state index contributed by atoms with van der Waals surface area (Å²) in [4.78, 5) is 11.8. The van der Waals surface area contributed by atoms with Crippen molar-refractivity contribution in [2.24, 2.45) is 5.92 Å². The van der Waals surface area contributed by atoms with E-state index in [1.54, 1.807) is 0 Å². The van der Waals surface area contributed by atoms with Gasteiger partial charge in [-0.1, -0.05) is 57.0 Å². The Balaban J connectivity index is 2.29. The molecule has 0 aromatic heterocycles. The first-order valence-electron chi connectivity index (χ1n) is 6.30. The van der Waals surface area contributed by atoms with E-state index in [9.17, 15) is 4.79 Å². The van der Waals surface area contributed by atoms with E-state index in [1.165, 1.54) is 12.0 Å². The lowest BCUT2D eigenvalue weighted by molar-refractivity contribution is -0.122. The lowest BCUT2D eigenvalue weighted by atomic mass is 9.95. The molecule has 0 saturated carbocycles. The number of unbranched alkanes of at least 4 members (excludes halogenated alkanes) is 1. The molecular weight excluding hydrogens is 196 g/mol. The van der Waals surface area contributed by atoms with Gasteiger partial charge >= 0.3 is 0 Å². The molecule has 0 aliphatic rings. The van der Waals surface area contributed by atoms with Crippen LogP contribution in [-0.4, -0.2) is 5.78 Å². The standard InChI is InChI=1S/C15H22O/c1-3-4-8-13(2)15(16)12-11-14-9-6-5-7-10-14/h5-7,9-10,13H,3-4,8,11-12H2,1-2H3. The van der Waals surface area contributed by atoms with E-state index < -0.39 is 0 Å². The van der Waals surface area contributed by atoms with Crippen LogP contribution >= 0.6 is 0 Å². The van der Waals surface area contributed by atoms with Crippen molar-refractivity contribution < 1.29 is 4.79 Å². The highest BCUT2D eigenvalue weighted by molar-refractivity contribution is 5.80. The third kappa shape index (κ3) is 4.61. The van der Waals surface area contributed by atoms with Crippen molar-refractivity contribution >= 4 is 5.78 Å². The zero-order valence-corrected chi connectivity index (χ0v) is 10.4. The van der Waals surface area contributed by atoms with Crippen LogP contribution in [0.5, 0.6) is 0 Å². The molecule has 1 unspecified atom stereocenters. The number of carbonyl (C=O) groups excluding carboxylic acids is 1. The van der Waals surface area contributed by atoms with Crippen LogP contribution in [0.1, 0.15) is 45.1 Å². The highest BCUT2D eigenvalue weighted by Gasteiger charge is 2.11. The van der Waals surface area contributed by atoms with Crippen LogP contribution in [0, 0.1) is 5.92 Å². The highest BCUT2D eigenvalue weighted by Crippen LogP contribution is 2.12. The summed E-state index contributed by atoms with van der Waals surface area (Å²) in [5.41, 5.74) is 1.26. The van der Waals surface area contributed by atoms with Gasteiger partial charge in [0.25, 0.3) is 0 Å². The van der Waals surface area contributed by atoms with E-state index in [2.05, 4.69) is 26.0 Å². The van der Waals surface area contributed by atoms with E-state index in [4.69, 9.17) is 0 Å². The molecule has 0 aliphatic heterocycles. The van der Waals surface area contributed by atoms with Crippen LogP contribution in [-0.2, 0) is 11.2 Å². The van der Waals surface area contributed by atoms with E-state index in [0.717, 1.165) is 19.3 Å². The Labute approximate surface area is 98.9 Å². The number of aryl methyl sites for hydroxylation is 1. The summed E-state index contributed by atoms with van der Waals surface area (Å²) in [6.07, 6.45) is 4.96. The smallest absolute Gasteiger partial charge is 0.136 e. The molecule has 0 fully saturated rings. The lowest BCUT2D eigenvalue weighted by Crippen LogP contribution is -2.11. The molecule has 0 amide bonds. The zero-order chi connectivity index (χ0) is 11.8. The Hall–Kier alpha value is -1.11. The van der Waals surface area contributed by atoms with Crippen LogP contribution in [0.3, 0.4) is 0 Å². The molecule has 0 bridgehead atoms. The van der Waals surface area contributed by atoms with E-state index in [1.807, 2.05) is 18.2 Å². The van der Waals surface area contributed by atoms with Crippen LogP contribution < -0.4 is 0 Å². The van der Waals surface area contributed by atoms with Gasteiger partial charge in [-0.2, -0.15) is 0 Å². The van der Waals surface area contributed by atoms with Crippen molar-refractivity contribution in [3.8, 4) is 0 Å². The van der Waals surface area contributed by atoms with E-state index in [0.29, 0.717) is 12.2 Å². The maximum Gasteiger partial charge on any atom is 0.136 e. The van der Waals surface area contributed by atoms with Gasteiger partial charge in [0.05, 0.1) is 0 Å². The van der Waals surface area contributed by atoms with Crippen LogP contribution in [0.15, 0.2) is 30.3 Å². The second-order valence-corrected chi connectivity index (χ2v) is 4.50. The summed E-state index contributed by atoms with van der Waals surface area (Å²) >= 11 is 0. The fourth-order valence-electron chi connectivity index (χ4n) is 1.83. The minimum atomic E-state index is 0.240. The summed E-state index contributed by atoms with van der Waals surface area (Å²) in [5, 5.41) is 0. The summed E-state index contributed by atoms with van der Waals surface area (Å²) in [6.45, 7) is 4.23. The Morgan fingerprint density at radius 2 is 1.94 bits per heavy atom.